The van der Waals surface area contributed by atoms with Crippen molar-refractivity contribution in [3.63, 3.8) is 0 Å². The van der Waals surface area contributed by atoms with Crippen LogP contribution in [0, 0.1) is 6.92 Å². The van der Waals surface area contributed by atoms with E-state index in [2.05, 4.69) is 9.97 Å². The summed E-state index contributed by atoms with van der Waals surface area (Å²) in [5.74, 6) is -0.417. The van der Waals surface area contributed by atoms with E-state index in [0.29, 0.717) is 24.7 Å². The second-order valence-corrected chi connectivity index (χ2v) is 4.63. The second kappa shape index (κ2) is 7.17. The van der Waals surface area contributed by atoms with Gasteiger partial charge in [0.1, 0.15) is 10.6 Å². The second-order valence-electron chi connectivity index (χ2n) is 3.55. The van der Waals surface area contributed by atoms with Gasteiger partial charge in [0.15, 0.2) is 0 Å². The van der Waals surface area contributed by atoms with Crippen molar-refractivity contribution in [2.75, 3.05) is 19.0 Å². The maximum absolute atomic E-state index is 11.2. The number of ether oxygens (including phenoxy) is 1. The summed E-state index contributed by atoms with van der Waals surface area (Å²) in [6.45, 7) is 4.75. The third-order valence-corrected chi connectivity index (χ3v) is 3.24. The van der Waals surface area contributed by atoms with Crippen molar-refractivity contribution in [3.05, 3.63) is 21.7 Å². The molecule has 1 aromatic heterocycles. The number of H-pyrrole nitrogens is 1. The Morgan fingerprint density at radius 2 is 2.28 bits per heavy atom. The standard InChI is InChI=1S/C11H16N2O4S/c1-3-17-5-4-6-18-9-8(10(14)15)7(2)12-11(16)13-9/h3-6H2,1-2H3,(H,14,15)(H,12,13,16). The van der Waals surface area contributed by atoms with Crippen molar-refractivity contribution in [1.29, 1.82) is 0 Å². The van der Waals surface area contributed by atoms with Gasteiger partial charge in [0.05, 0.1) is 0 Å². The van der Waals surface area contributed by atoms with Gasteiger partial charge in [0.2, 0.25) is 0 Å². The lowest BCUT2D eigenvalue weighted by atomic mass is 10.2. The van der Waals surface area contributed by atoms with Crippen LogP contribution < -0.4 is 5.69 Å². The summed E-state index contributed by atoms with van der Waals surface area (Å²) >= 11 is 1.26. The number of hydrogen-bond donors (Lipinski definition) is 2. The van der Waals surface area contributed by atoms with Gasteiger partial charge in [-0.15, -0.1) is 11.8 Å². The average Bonchev–Trinajstić information content (AvgIpc) is 2.27. The molecule has 18 heavy (non-hydrogen) atoms. The highest BCUT2D eigenvalue weighted by molar-refractivity contribution is 7.99. The number of carboxylic acids is 1. The van der Waals surface area contributed by atoms with Gasteiger partial charge in [0, 0.05) is 24.7 Å². The van der Waals surface area contributed by atoms with Crippen LogP contribution >= 0.6 is 11.8 Å². The van der Waals surface area contributed by atoms with Gasteiger partial charge < -0.3 is 14.8 Å². The Morgan fingerprint density at radius 1 is 1.56 bits per heavy atom. The number of aromatic nitrogens is 2. The molecule has 0 saturated heterocycles. The molecule has 0 saturated carbocycles. The largest absolute Gasteiger partial charge is 0.478 e. The summed E-state index contributed by atoms with van der Waals surface area (Å²) in [6, 6.07) is 0. The fourth-order valence-corrected chi connectivity index (χ4v) is 2.38. The number of aryl methyl sites for hydroxylation is 1. The van der Waals surface area contributed by atoms with Crippen LogP contribution in [0.2, 0.25) is 0 Å². The van der Waals surface area contributed by atoms with Crippen LogP contribution in [0.4, 0.5) is 0 Å². The number of aromatic carboxylic acids is 1. The molecule has 100 valence electrons. The minimum atomic E-state index is -1.08. The van der Waals surface area contributed by atoms with Crippen LogP contribution in [0.15, 0.2) is 9.82 Å². The predicted molar refractivity (Wildman–Crippen MR) is 68.4 cm³/mol. The number of aromatic amines is 1. The molecule has 0 atom stereocenters. The molecule has 2 N–H and O–H groups in total. The van der Waals surface area contributed by atoms with E-state index in [-0.39, 0.29) is 10.6 Å². The minimum Gasteiger partial charge on any atom is -0.478 e. The van der Waals surface area contributed by atoms with E-state index < -0.39 is 11.7 Å². The van der Waals surface area contributed by atoms with Crippen LogP contribution in [-0.2, 0) is 4.74 Å². The van der Waals surface area contributed by atoms with E-state index in [9.17, 15) is 9.59 Å². The molecule has 0 aliphatic rings. The molecule has 7 heteroatoms. The van der Waals surface area contributed by atoms with Gasteiger partial charge in [-0.3, -0.25) is 0 Å². The summed E-state index contributed by atoms with van der Waals surface area (Å²) in [4.78, 5) is 28.4. The number of thioether (sulfide) groups is 1. The molecule has 1 heterocycles. The smallest absolute Gasteiger partial charge is 0.346 e. The van der Waals surface area contributed by atoms with Gasteiger partial charge in [-0.05, 0) is 20.3 Å². The Morgan fingerprint density at radius 3 is 2.89 bits per heavy atom. The molecule has 0 fully saturated rings. The van der Waals surface area contributed by atoms with Crippen molar-refractivity contribution < 1.29 is 14.6 Å². The zero-order valence-corrected chi connectivity index (χ0v) is 11.2. The van der Waals surface area contributed by atoms with E-state index in [1.54, 1.807) is 6.92 Å². The lowest BCUT2D eigenvalue weighted by Crippen LogP contribution is -2.18. The molecule has 0 spiro atoms. The highest BCUT2D eigenvalue weighted by Gasteiger charge is 2.16. The van der Waals surface area contributed by atoms with E-state index in [0.717, 1.165) is 6.42 Å². The Hall–Kier alpha value is -1.34. The van der Waals surface area contributed by atoms with Crippen molar-refractivity contribution in [3.8, 4) is 0 Å². The molecule has 0 unspecified atom stereocenters. The van der Waals surface area contributed by atoms with Gasteiger partial charge in [-0.25, -0.2) is 9.59 Å². The topological polar surface area (TPSA) is 92.3 Å². The van der Waals surface area contributed by atoms with Gasteiger partial charge in [0.25, 0.3) is 0 Å². The Kier molecular flexibility index (Phi) is 5.87. The zero-order valence-electron chi connectivity index (χ0n) is 10.4. The van der Waals surface area contributed by atoms with Gasteiger partial charge in [-0.2, -0.15) is 4.98 Å². The highest BCUT2D eigenvalue weighted by Crippen LogP contribution is 2.21. The average molecular weight is 272 g/mol. The summed E-state index contributed by atoms with van der Waals surface area (Å²) < 4.78 is 5.18. The maximum Gasteiger partial charge on any atom is 0.346 e. The highest BCUT2D eigenvalue weighted by atomic mass is 32.2. The Balaban J connectivity index is 2.74. The number of hydrogen-bond acceptors (Lipinski definition) is 5. The molecular weight excluding hydrogens is 256 g/mol. The van der Waals surface area contributed by atoms with E-state index in [1.807, 2.05) is 6.92 Å². The molecule has 6 nitrogen and oxygen atoms in total. The number of carbonyl (C=O) groups is 1. The van der Waals surface area contributed by atoms with Crippen LogP contribution in [0.25, 0.3) is 0 Å². The van der Waals surface area contributed by atoms with Crippen LogP contribution in [0.1, 0.15) is 29.4 Å². The lowest BCUT2D eigenvalue weighted by Gasteiger charge is -2.06. The van der Waals surface area contributed by atoms with Gasteiger partial charge >= 0.3 is 11.7 Å². The fourth-order valence-electron chi connectivity index (χ4n) is 1.39. The summed E-state index contributed by atoms with van der Waals surface area (Å²) in [6.07, 6.45) is 0.783. The normalized spacial score (nSPS) is 10.6. The minimum absolute atomic E-state index is 0.0657. The van der Waals surface area contributed by atoms with Crippen molar-refractivity contribution in [2.45, 2.75) is 25.3 Å². The molecule has 0 bridgehead atoms. The SMILES string of the molecule is CCOCCCSc1nc(=O)[nH]c(C)c1C(=O)O. The molecule has 1 aromatic rings. The molecule has 0 radical (unpaired) electrons. The summed E-state index contributed by atoms with van der Waals surface area (Å²) in [7, 11) is 0. The maximum atomic E-state index is 11.2. The zero-order chi connectivity index (χ0) is 13.5. The van der Waals surface area contributed by atoms with E-state index in [4.69, 9.17) is 9.84 Å². The summed E-state index contributed by atoms with van der Waals surface area (Å²) in [5, 5.41) is 9.34. The predicted octanol–water partition coefficient (Wildman–Crippen LogP) is 1.30. The van der Waals surface area contributed by atoms with Gasteiger partial charge in [-0.1, -0.05) is 0 Å². The number of nitrogens with one attached hydrogen (secondary N) is 1. The molecule has 1 rings (SSSR count). The monoisotopic (exact) mass is 272 g/mol. The third-order valence-electron chi connectivity index (χ3n) is 2.18. The lowest BCUT2D eigenvalue weighted by molar-refractivity contribution is 0.0690. The number of nitrogens with zero attached hydrogens (tertiary/aromatic N) is 1. The first-order chi connectivity index (χ1) is 8.56. The van der Waals surface area contributed by atoms with Crippen LogP contribution in [-0.4, -0.2) is 40.0 Å². The van der Waals surface area contributed by atoms with Crippen molar-refractivity contribution in [1.82, 2.24) is 9.97 Å². The Bertz CT molecular complexity index is 473. The summed E-state index contributed by atoms with van der Waals surface area (Å²) in [5.41, 5.74) is -0.129. The van der Waals surface area contributed by atoms with Crippen LogP contribution in [0.5, 0.6) is 0 Å². The quantitative estimate of drug-likeness (QED) is 0.441. The first-order valence-corrected chi connectivity index (χ1v) is 6.59. The molecule has 0 amide bonds. The Labute approximate surface area is 109 Å². The van der Waals surface area contributed by atoms with E-state index in [1.165, 1.54) is 11.8 Å². The first kappa shape index (κ1) is 14.7. The third kappa shape index (κ3) is 4.15. The number of carboxylic acid groups (broad SMARTS) is 1. The molecular formula is C11H16N2O4S. The van der Waals surface area contributed by atoms with E-state index >= 15 is 0 Å². The van der Waals surface area contributed by atoms with Crippen molar-refractivity contribution in [2.24, 2.45) is 0 Å². The fraction of sp³-hybridized carbons (Fsp3) is 0.545. The first-order valence-electron chi connectivity index (χ1n) is 5.61. The molecule has 0 aliphatic heterocycles. The van der Waals surface area contributed by atoms with Crippen LogP contribution in [0.3, 0.4) is 0 Å². The molecule has 0 aromatic carbocycles. The number of rotatable bonds is 7. The van der Waals surface area contributed by atoms with Crippen molar-refractivity contribution >= 4 is 17.7 Å². The molecule has 0 aliphatic carbocycles.